The van der Waals surface area contributed by atoms with Crippen molar-refractivity contribution in [1.82, 2.24) is 9.97 Å². The Morgan fingerprint density at radius 2 is 2.21 bits per heavy atom. The Hall–Kier alpha value is -2.08. The number of nitrogens with two attached hydrogens (primary N) is 1. The van der Waals surface area contributed by atoms with Crippen molar-refractivity contribution in [3.8, 4) is 0 Å². The van der Waals surface area contributed by atoms with Crippen LogP contribution in [-0.4, -0.2) is 17.0 Å². The SMILES string of the molecule is Cc1nc(CN(C)c2nc3c(N)cccc3o2)cs1. The van der Waals surface area contributed by atoms with Gasteiger partial charge in [0.1, 0.15) is 5.52 Å². The molecular weight excluding hydrogens is 260 g/mol. The molecule has 0 aliphatic heterocycles. The molecule has 2 heterocycles. The highest BCUT2D eigenvalue weighted by Gasteiger charge is 2.13. The molecule has 0 fully saturated rings. The van der Waals surface area contributed by atoms with Gasteiger partial charge in [-0.15, -0.1) is 11.3 Å². The van der Waals surface area contributed by atoms with Crippen molar-refractivity contribution in [2.45, 2.75) is 13.5 Å². The lowest BCUT2D eigenvalue weighted by atomic mass is 10.3. The Morgan fingerprint density at radius 3 is 2.89 bits per heavy atom. The number of nitrogens with zero attached hydrogens (tertiary/aromatic N) is 3. The first-order valence-electron chi connectivity index (χ1n) is 5.90. The number of aromatic nitrogens is 2. The van der Waals surface area contributed by atoms with Crippen LogP contribution in [0, 0.1) is 6.92 Å². The summed E-state index contributed by atoms with van der Waals surface area (Å²) in [6.45, 7) is 2.66. The molecule has 98 valence electrons. The van der Waals surface area contributed by atoms with Crippen LogP contribution in [0.2, 0.25) is 0 Å². The molecule has 6 heteroatoms. The van der Waals surface area contributed by atoms with E-state index in [1.54, 1.807) is 11.3 Å². The van der Waals surface area contributed by atoms with E-state index in [1.807, 2.05) is 42.5 Å². The highest BCUT2D eigenvalue weighted by atomic mass is 32.1. The van der Waals surface area contributed by atoms with Crippen LogP contribution >= 0.6 is 11.3 Å². The van der Waals surface area contributed by atoms with E-state index in [9.17, 15) is 0 Å². The lowest BCUT2D eigenvalue weighted by molar-refractivity contribution is 0.581. The Bertz CT molecular complexity index is 718. The van der Waals surface area contributed by atoms with Gasteiger partial charge >= 0.3 is 0 Å². The van der Waals surface area contributed by atoms with Crippen molar-refractivity contribution >= 4 is 34.1 Å². The number of oxazole rings is 1. The van der Waals surface area contributed by atoms with Gasteiger partial charge in [-0.1, -0.05) is 6.07 Å². The number of thiazole rings is 1. The molecule has 3 aromatic rings. The summed E-state index contributed by atoms with van der Waals surface area (Å²) in [5, 5.41) is 3.10. The smallest absolute Gasteiger partial charge is 0.298 e. The molecule has 0 atom stereocenters. The van der Waals surface area contributed by atoms with Crippen LogP contribution in [-0.2, 0) is 6.54 Å². The maximum atomic E-state index is 5.87. The third-order valence-electron chi connectivity index (χ3n) is 2.83. The van der Waals surface area contributed by atoms with Crippen molar-refractivity contribution in [3.63, 3.8) is 0 Å². The molecule has 5 nitrogen and oxygen atoms in total. The summed E-state index contributed by atoms with van der Waals surface area (Å²) in [6, 6.07) is 6.09. The lowest BCUT2D eigenvalue weighted by Crippen LogP contribution is -2.16. The van der Waals surface area contributed by atoms with Crippen molar-refractivity contribution in [2.24, 2.45) is 0 Å². The van der Waals surface area contributed by atoms with E-state index < -0.39 is 0 Å². The number of nitrogen functional groups attached to an aromatic ring is 1. The van der Waals surface area contributed by atoms with Gasteiger partial charge in [0.15, 0.2) is 5.58 Å². The van der Waals surface area contributed by atoms with E-state index in [-0.39, 0.29) is 0 Å². The van der Waals surface area contributed by atoms with E-state index in [4.69, 9.17) is 10.2 Å². The monoisotopic (exact) mass is 274 g/mol. The predicted molar refractivity (Wildman–Crippen MR) is 77.4 cm³/mol. The third-order valence-corrected chi connectivity index (χ3v) is 3.65. The highest BCUT2D eigenvalue weighted by molar-refractivity contribution is 7.09. The van der Waals surface area contributed by atoms with Gasteiger partial charge in [-0.3, -0.25) is 0 Å². The molecule has 19 heavy (non-hydrogen) atoms. The number of rotatable bonds is 3. The van der Waals surface area contributed by atoms with Crippen LogP contribution in [0.1, 0.15) is 10.7 Å². The molecule has 0 saturated heterocycles. The summed E-state index contributed by atoms with van der Waals surface area (Å²) in [4.78, 5) is 10.8. The van der Waals surface area contributed by atoms with Gasteiger partial charge in [0.05, 0.1) is 22.9 Å². The molecule has 0 saturated carbocycles. The normalized spacial score (nSPS) is 11.1. The minimum absolute atomic E-state index is 0.554. The van der Waals surface area contributed by atoms with E-state index in [2.05, 4.69) is 9.97 Å². The first-order valence-corrected chi connectivity index (χ1v) is 6.78. The highest BCUT2D eigenvalue weighted by Crippen LogP contribution is 2.26. The average Bonchev–Trinajstić information content (AvgIpc) is 2.96. The van der Waals surface area contributed by atoms with Gasteiger partial charge in [-0.05, 0) is 19.1 Å². The zero-order valence-electron chi connectivity index (χ0n) is 10.8. The van der Waals surface area contributed by atoms with E-state index in [0.29, 0.717) is 29.3 Å². The molecule has 0 aliphatic rings. The topological polar surface area (TPSA) is 68.2 Å². The summed E-state index contributed by atoms with van der Waals surface area (Å²) in [5.41, 5.74) is 8.93. The van der Waals surface area contributed by atoms with Gasteiger partial charge in [0, 0.05) is 12.4 Å². The molecule has 0 aliphatic carbocycles. The van der Waals surface area contributed by atoms with Crippen LogP contribution in [0.25, 0.3) is 11.1 Å². The molecule has 3 rings (SSSR count). The average molecular weight is 274 g/mol. The fraction of sp³-hybridized carbons (Fsp3) is 0.231. The quantitative estimate of drug-likeness (QED) is 0.744. The number of anilines is 2. The number of hydrogen-bond donors (Lipinski definition) is 1. The van der Waals surface area contributed by atoms with Crippen LogP contribution in [0.15, 0.2) is 28.0 Å². The zero-order valence-corrected chi connectivity index (χ0v) is 11.6. The molecule has 0 unspecified atom stereocenters. The Balaban J connectivity index is 1.89. The third kappa shape index (κ3) is 2.26. The maximum Gasteiger partial charge on any atom is 0.298 e. The predicted octanol–water partition coefficient (Wildman–Crippen LogP) is 2.81. The molecule has 2 aromatic heterocycles. The minimum Gasteiger partial charge on any atom is -0.423 e. The molecule has 0 amide bonds. The fourth-order valence-electron chi connectivity index (χ4n) is 1.91. The summed E-state index contributed by atoms with van der Waals surface area (Å²) >= 11 is 1.64. The van der Waals surface area contributed by atoms with E-state index in [1.165, 1.54) is 0 Å². The Kier molecular flexibility index (Phi) is 2.87. The molecule has 0 bridgehead atoms. The van der Waals surface area contributed by atoms with E-state index >= 15 is 0 Å². The van der Waals surface area contributed by atoms with Crippen molar-refractivity contribution in [1.29, 1.82) is 0 Å². The van der Waals surface area contributed by atoms with Crippen LogP contribution in [0.3, 0.4) is 0 Å². The molecule has 1 aromatic carbocycles. The first-order chi connectivity index (χ1) is 9.13. The Labute approximate surface area is 114 Å². The van der Waals surface area contributed by atoms with Gasteiger partial charge in [0.2, 0.25) is 0 Å². The number of hydrogen-bond acceptors (Lipinski definition) is 6. The first kappa shape index (κ1) is 12.0. The zero-order chi connectivity index (χ0) is 13.4. The summed E-state index contributed by atoms with van der Waals surface area (Å²) in [6.07, 6.45) is 0. The number of para-hydroxylation sites is 1. The minimum atomic E-state index is 0.554. The van der Waals surface area contributed by atoms with Gasteiger partial charge in [-0.2, -0.15) is 4.98 Å². The maximum absolute atomic E-state index is 5.87. The number of benzene rings is 1. The second-order valence-electron chi connectivity index (χ2n) is 4.40. The largest absolute Gasteiger partial charge is 0.423 e. The van der Waals surface area contributed by atoms with Gasteiger partial charge in [-0.25, -0.2) is 4.98 Å². The molecule has 0 radical (unpaired) electrons. The summed E-state index contributed by atoms with van der Waals surface area (Å²) in [5.74, 6) is 0. The molecular formula is C13H14N4OS. The standard InChI is InChI=1S/C13H14N4OS/c1-8-15-9(7-19-8)6-17(2)13-16-12-10(14)4-3-5-11(12)18-13/h3-5,7H,6,14H2,1-2H3. The van der Waals surface area contributed by atoms with Gasteiger partial charge < -0.3 is 15.1 Å². The number of aryl methyl sites for hydroxylation is 1. The summed E-state index contributed by atoms with van der Waals surface area (Å²) < 4.78 is 5.70. The second kappa shape index (κ2) is 4.55. The van der Waals surface area contributed by atoms with Gasteiger partial charge in [0.25, 0.3) is 6.01 Å². The van der Waals surface area contributed by atoms with Crippen LogP contribution in [0.4, 0.5) is 11.7 Å². The fourth-order valence-corrected chi connectivity index (χ4v) is 2.52. The van der Waals surface area contributed by atoms with E-state index in [0.717, 1.165) is 10.7 Å². The second-order valence-corrected chi connectivity index (χ2v) is 5.47. The van der Waals surface area contributed by atoms with Crippen LogP contribution in [0.5, 0.6) is 0 Å². The van der Waals surface area contributed by atoms with Crippen molar-refractivity contribution in [2.75, 3.05) is 17.7 Å². The Morgan fingerprint density at radius 1 is 1.37 bits per heavy atom. The van der Waals surface area contributed by atoms with Crippen LogP contribution < -0.4 is 10.6 Å². The van der Waals surface area contributed by atoms with Crippen molar-refractivity contribution < 1.29 is 4.42 Å². The number of fused-ring (bicyclic) bond motifs is 1. The molecule has 0 spiro atoms. The van der Waals surface area contributed by atoms with Crippen molar-refractivity contribution in [3.05, 3.63) is 34.3 Å². The summed E-state index contributed by atoms with van der Waals surface area (Å²) in [7, 11) is 1.93. The molecule has 2 N–H and O–H groups in total. The lowest BCUT2D eigenvalue weighted by Gasteiger charge is -2.11.